The third-order valence-corrected chi connectivity index (χ3v) is 4.48. The Balaban J connectivity index is 2.26. The van der Waals surface area contributed by atoms with Crippen LogP contribution in [0.3, 0.4) is 0 Å². The summed E-state index contributed by atoms with van der Waals surface area (Å²) in [7, 11) is 2.07. The molecular weight excluding hydrogens is 232 g/mol. The predicted octanol–water partition coefficient (Wildman–Crippen LogP) is 3.30. The summed E-state index contributed by atoms with van der Waals surface area (Å²) in [6.45, 7) is 10.3. The molecule has 1 fully saturated rings. The van der Waals surface area contributed by atoms with Crippen LogP contribution in [0.25, 0.3) is 0 Å². The minimum atomic E-state index is 0.603. The number of nitrogens with one attached hydrogen (secondary N) is 1. The summed E-state index contributed by atoms with van der Waals surface area (Å²) in [6.07, 6.45) is 2.56. The molecule has 106 valence electrons. The number of hydrogen-bond donors (Lipinski definition) is 1. The van der Waals surface area contributed by atoms with Crippen LogP contribution in [-0.2, 0) is 0 Å². The predicted molar refractivity (Wildman–Crippen MR) is 82.6 cm³/mol. The molecule has 1 heterocycles. The van der Waals surface area contributed by atoms with Crippen LogP contribution in [0.5, 0.6) is 0 Å². The normalized spacial score (nSPS) is 24.0. The number of hydrogen-bond acceptors (Lipinski definition) is 2. The Hall–Kier alpha value is -0.860. The Kier molecular flexibility index (Phi) is 5.00. The van der Waals surface area contributed by atoms with Gasteiger partial charge in [0.25, 0.3) is 0 Å². The Morgan fingerprint density at radius 1 is 1.26 bits per heavy atom. The van der Waals surface area contributed by atoms with Crippen molar-refractivity contribution in [2.24, 2.45) is 5.92 Å². The molecule has 2 rings (SSSR count). The summed E-state index contributed by atoms with van der Waals surface area (Å²) in [6, 6.07) is 7.62. The molecule has 19 heavy (non-hydrogen) atoms. The highest BCUT2D eigenvalue weighted by molar-refractivity contribution is 5.32. The zero-order valence-electron chi connectivity index (χ0n) is 12.9. The van der Waals surface area contributed by atoms with Crippen molar-refractivity contribution in [3.05, 3.63) is 34.9 Å². The van der Waals surface area contributed by atoms with E-state index in [0.29, 0.717) is 6.04 Å². The summed E-state index contributed by atoms with van der Waals surface area (Å²) in [5.41, 5.74) is 4.33. The molecule has 1 aliphatic heterocycles. The van der Waals surface area contributed by atoms with Gasteiger partial charge in [-0.15, -0.1) is 0 Å². The van der Waals surface area contributed by atoms with Gasteiger partial charge in [0, 0.05) is 6.04 Å². The van der Waals surface area contributed by atoms with Gasteiger partial charge in [-0.05, 0) is 76.0 Å². The molecule has 0 radical (unpaired) electrons. The Morgan fingerprint density at radius 2 is 2.05 bits per heavy atom. The number of benzene rings is 1. The molecule has 0 amide bonds. The fourth-order valence-electron chi connectivity index (χ4n) is 3.37. The van der Waals surface area contributed by atoms with Crippen LogP contribution in [0.1, 0.15) is 42.5 Å². The average Bonchev–Trinajstić information content (AvgIpc) is 2.77. The molecule has 1 aromatic rings. The van der Waals surface area contributed by atoms with Gasteiger partial charge in [0.15, 0.2) is 0 Å². The summed E-state index contributed by atoms with van der Waals surface area (Å²) < 4.78 is 0. The first-order valence-electron chi connectivity index (χ1n) is 7.63. The van der Waals surface area contributed by atoms with E-state index in [1.165, 1.54) is 42.6 Å². The SMILES string of the molecule is CCCN1CCC(CNC)C1c1ccc(C)c(C)c1. The molecule has 1 N–H and O–H groups in total. The van der Waals surface area contributed by atoms with Gasteiger partial charge in [0.2, 0.25) is 0 Å². The Bertz CT molecular complexity index is 400. The molecule has 1 aliphatic rings. The highest BCUT2D eigenvalue weighted by atomic mass is 15.2. The van der Waals surface area contributed by atoms with Crippen molar-refractivity contribution in [2.45, 2.75) is 39.7 Å². The lowest BCUT2D eigenvalue weighted by molar-refractivity contribution is 0.227. The van der Waals surface area contributed by atoms with Gasteiger partial charge >= 0.3 is 0 Å². The van der Waals surface area contributed by atoms with E-state index in [1.54, 1.807) is 0 Å². The van der Waals surface area contributed by atoms with Crippen molar-refractivity contribution >= 4 is 0 Å². The van der Waals surface area contributed by atoms with E-state index in [1.807, 2.05) is 0 Å². The largest absolute Gasteiger partial charge is 0.319 e. The van der Waals surface area contributed by atoms with Gasteiger partial charge in [0.1, 0.15) is 0 Å². The van der Waals surface area contributed by atoms with Gasteiger partial charge < -0.3 is 5.32 Å². The second-order valence-corrected chi connectivity index (χ2v) is 5.93. The van der Waals surface area contributed by atoms with Crippen molar-refractivity contribution < 1.29 is 0 Å². The van der Waals surface area contributed by atoms with Gasteiger partial charge in [-0.2, -0.15) is 0 Å². The molecule has 2 nitrogen and oxygen atoms in total. The topological polar surface area (TPSA) is 15.3 Å². The summed E-state index contributed by atoms with van der Waals surface area (Å²) in [5.74, 6) is 0.749. The number of rotatable bonds is 5. The second kappa shape index (κ2) is 6.53. The van der Waals surface area contributed by atoms with Crippen molar-refractivity contribution in [1.29, 1.82) is 0 Å². The number of aryl methyl sites for hydroxylation is 2. The highest BCUT2D eigenvalue weighted by Crippen LogP contribution is 2.37. The fraction of sp³-hybridized carbons (Fsp3) is 0.647. The third-order valence-electron chi connectivity index (χ3n) is 4.48. The number of nitrogens with zero attached hydrogens (tertiary/aromatic N) is 1. The Morgan fingerprint density at radius 3 is 2.68 bits per heavy atom. The van der Waals surface area contributed by atoms with E-state index >= 15 is 0 Å². The minimum Gasteiger partial charge on any atom is -0.319 e. The summed E-state index contributed by atoms with van der Waals surface area (Å²) in [4.78, 5) is 2.67. The van der Waals surface area contributed by atoms with Gasteiger partial charge in [0.05, 0.1) is 0 Å². The molecule has 2 atom stereocenters. The quantitative estimate of drug-likeness (QED) is 0.874. The first kappa shape index (κ1) is 14.5. The summed E-state index contributed by atoms with van der Waals surface area (Å²) >= 11 is 0. The molecule has 2 heteroatoms. The van der Waals surface area contributed by atoms with Crippen LogP contribution in [0, 0.1) is 19.8 Å². The maximum Gasteiger partial charge on any atom is 0.0388 e. The molecule has 2 unspecified atom stereocenters. The Labute approximate surface area is 118 Å². The molecule has 1 saturated heterocycles. The molecular formula is C17H28N2. The van der Waals surface area contributed by atoms with E-state index in [9.17, 15) is 0 Å². The first-order chi connectivity index (χ1) is 9.17. The lowest BCUT2D eigenvalue weighted by Crippen LogP contribution is -2.29. The standard InChI is InChI=1S/C17H28N2/c1-5-9-19-10-8-16(12-18-4)17(19)15-7-6-13(2)14(3)11-15/h6-7,11,16-18H,5,8-10,12H2,1-4H3. The molecule has 0 aromatic heterocycles. The highest BCUT2D eigenvalue weighted by Gasteiger charge is 2.34. The van der Waals surface area contributed by atoms with Gasteiger partial charge in [-0.3, -0.25) is 4.90 Å². The van der Waals surface area contributed by atoms with Crippen LogP contribution in [0.15, 0.2) is 18.2 Å². The van der Waals surface area contributed by atoms with E-state index in [0.717, 1.165) is 12.5 Å². The van der Waals surface area contributed by atoms with Crippen LogP contribution in [-0.4, -0.2) is 31.6 Å². The second-order valence-electron chi connectivity index (χ2n) is 5.93. The molecule has 0 saturated carbocycles. The fourth-order valence-corrected chi connectivity index (χ4v) is 3.37. The van der Waals surface area contributed by atoms with Gasteiger partial charge in [-0.1, -0.05) is 25.1 Å². The van der Waals surface area contributed by atoms with Crippen LogP contribution in [0.2, 0.25) is 0 Å². The zero-order valence-corrected chi connectivity index (χ0v) is 12.9. The van der Waals surface area contributed by atoms with E-state index in [-0.39, 0.29) is 0 Å². The molecule has 1 aromatic carbocycles. The first-order valence-corrected chi connectivity index (χ1v) is 7.63. The van der Waals surface area contributed by atoms with E-state index in [4.69, 9.17) is 0 Å². The van der Waals surface area contributed by atoms with Crippen LogP contribution >= 0.6 is 0 Å². The van der Waals surface area contributed by atoms with Crippen LogP contribution in [0.4, 0.5) is 0 Å². The minimum absolute atomic E-state index is 0.603. The monoisotopic (exact) mass is 260 g/mol. The van der Waals surface area contributed by atoms with Crippen LogP contribution < -0.4 is 5.32 Å². The van der Waals surface area contributed by atoms with Crippen molar-refractivity contribution in [3.8, 4) is 0 Å². The maximum atomic E-state index is 3.37. The molecule has 0 bridgehead atoms. The molecule has 0 spiro atoms. The lowest BCUT2D eigenvalue weighted by Gasteiger charge is -2.29. The van der Waals surface area contributed by atoms with Crippen molar-refractivity contribution in [1.82, 2.24) is 10.2 Å². The van der Waals surface area contributed by atoms with Crippen molar-refractivity contribution in [3.63, 3.8) is 0 Å². The van der Waals surface area contributed by atoms with Crippen molar-refractivity contribution in [2.75, 3.05) is 26.7 Å². The number of likely N-dealkylation sites (tertiary alicyclic amines) is 1. The molecule has 0 aliphatic carbocycles. The van der Waals surface area contributed by atoms with Gasteiger partial charge in [-0.25, -0.2) is 0 Å². The van der Waals surface area contributed by atoms with E-state index in [2.05, 4.69) is 56.2 Å². The zero-order chi connectivity index (χ0) is 13.8. The lowest BCUT2D eigenvalue weighted by atomic mass is 9.91. The van der Waals surface area contributed by atoms with E-state index < -0.39 is 0 Å². The summed E-state index contributed by atoms with van der Waals surface area (Å²) in [5, 5.41) is 3.37. The maximum absolute atomic E-state index is 3.37. The third kappa shape index (κ3) is 3.18. The average molecular weight is 260 g/mol. The smallest absolute Gasteiger partial charge is 0.0388 e.